The van der Waals surface area contributed by atoms with E-state index in [2.05, 4.69) is 52.5 Å². The van der Waals surface area contributed by atoms with Gasteiger partial charge >= 0.3 is 0 Å². The molecular weight excluding hydrogens is 250 g/mol. The maximum absolute atomic E-state index is 4.64. The highest BCUT2D eigenvalue weighted by Crippen LogP contribution is 2.14. The Bertz CT molecular complexity index is 536. The van der Waals surface area contributed by atoms with Gasteiger partial charge in [-0.3, -0.25) is 9.36 Å². The van der Waals surface area contributed by atoms with Crippen molar-refractivity contribution in [1.82, 2.24) is 24.9 Å². The molecular formula is C15H25N5. The number of nitrogens with zero attached hydrogens (tertiary/aromatic N) is 4. The molecule has 0 unspecified atom stereocenters. The quantitative estimate of drug-likeness (QED) is 0.845. The van der Waals surface area contributed by atoms with Crippen molar-refractivity contribution in [2.75, 3.05) is 0 Å². The maximum atomic E-state index is 4.64. The van der Waals surface area contributed by atoms with Crippen LogP contribution >= 0.6 is 0 Å². The molecule has 0 fully saturated rings. The molecule has 0 aliphatic rings. The van der Waals surface area contributed by atoms with Crippen molar-refractivity contribution in [2.45, 2.75) is 52.7 Å². The predicted molar refractivity (Wildman–Crippen MR) is 80.3 cm³/mol. The molecule has 0 saturated carbocycles. The summed E-state index contributed by atoms with van der Waals surface area (Å²) in [6, 6.07) is 2.62. The molecule has 110 valence electrons. The average Bonchev–Trinajstić information content (AvgIpc) is 2.99. The second-order valence-corrected chi connectivity index (χ2v) is 5.27. The minimum absolute atomic E-state index is 0.518. The lowest BCUT2D eigenvalue weighted by Gasteiger charge is -2.12. The molecule has 0 aromatic carbocycles. The monoisotopic (exact) mass is 275 g/mol. The van der Waals surface area contributed by atoms with Gasteiger partial charge in [-0.1, -0.05) is 13.8 Å². The fourth-order valence-electron chi connectivity index (χ4n) is 2.49. The smallest absolute Gasteiger partial charge is 0.0762 e. The molecule has 0 aliphatic heterocycles. The SMILES string of the molecule is CCC(CC)n1ccc(CNCc2cn(C)nc2C)n1. The van der Waals surface area contributed by atoms with Crippen LogP contribution in [-0.4, -0.2) is 19.6 Å². The number of nitrogens with one attached hydrogen (secondary N) is 1. The van der Waals surface area contributed by atoms with Crippen LogP contribution in [0, 0.1) is 6.92 Å². The molecule has 0 radical (unpaired) electrons. The van der Waals surface area contributed by atoms with Crippen LogP contribution in [-0.2, 0) is 20.1 Å². The van der Waals surface area contributed by atoms with Crippen LogP contribution in [0.25, 0.3) is 0 Å². The van der Waals surface area contributed by atoms with Gasteiger partial charge < -0.3 is 5.32 Å². The second kappa shape index (κ2) is 6.70. The second-order valence-electron chi connectivity index (χ2n) is 5.27. The Kier molecular flexibility index (Phi) is 4.95. The van der Waals surface area contributed by atoms with Crippen LogP contribution in [0.4, 0.5) is 0 Å². The fraction of sp³-hybridized carbons (Fsp3) is 0.600. The molecule has 2 aromatic heterocycles. The van der Waals surface area contributed by atoms with Crippen molar-refractivity contribution >= 4 is 0 Å². The summed E-state index contributed by atoms with van der Waals surface area (Å²) in [5, 5.41) is 12.4. The summed E-state index contributed by atoms with van der Waals surface area (Å²) in [6.45, 7) is 8.08. The van der Waals surface area contributed by atoms with E-state index in [4.69, 9.17) is 0 Å². The van der Waals surface area contributed by atoms with E-state index in [0.29, 0.717) is 6.04 Å². The van der Waals surface area contributed by atoms with Gasteiger partial charge in [-0.25, -0.2) is 0 Å². The van der Waals surface area contributed by atoms with E-state index in [-0.39, 0.29) is 0 Å². The number of aromatic nitrogens is 4. The number of hydrogen-bond donors (Lipinski definition) is 1. The molecule has 2 heterocycles. The summed E-state index contributed by atoms with van der Waals surface area (Å²) >= 11 is 0. The van der Waals surface area contributed by atoms with Gasteiger partial charge in [-0.2, -0.15) is 10.2 Å². The summed E-state index contributed by atoms with van der Waals surface area (Å²) in [4.78, 5) is 0. The molecule has 0 amide bonds. The molecule has 2 rings (SSSR count). The first kappa shape index (κ1) is 14.8. The Hall–Kier alpha value is -1.62. The zero-order chi connectivity index (χ0) is 14.5. The minimum Gasteiger partial charge on any atom is -0.307 e. The predicted octanol–water partition coefficient (Wildman–Crippen LogP) is 2.58. The van der Waals surface area contributed by atoms with Gasteiger partial charge in [0.15, 0.2) is 0 Å². The Labute approximate surface area is 121 Å². The minimum atomic E-state index is 0.518. The van der Waals surface area contributed by atoms with E-state index in [1.165, 1.54) is 5.56 Å². The molecule has 0 spiro atoms. The largest absolute Gasteiger partial charge is 0.307 e. The van der Waals surface area contributed by atoms with Crippen LogP contribution in [0.1, 0.15) is 49.7 Å². The number of rotatable bonds is 7. The molecule has 5 nitrogen and oxygen atoms in total. The zero-order valence-corrected chi connectivity index (χ0v) is 12.9. The summed E-state index contributed by atoms with van der Waals surface area (Å²) in [6.07, 6.45) is 6.40. The summed E-state index contributed by atoms with van der Waals surface area (Å²) in [7, 11) is 1.95. The lowest BCUT2D eigenvalue weighted by atomic mass is 10.2. The number of aryl methyl sites for hydroxylation is 2. The Morgan fingerprint density at radius 3 is 2.55 bits per heavy atom. The van der Waals surface area contributed by atoms with E-state index in [9.17, 15) is 0 Å². The lowest BCUT2D eigenvalue weighted by Crippen LogP contribution is -2.14. The van der Waals surface area contributed by atoms with Crippen LogP contribution in [0.15, 0.2) is 18.5 Å². The maximum Gasteiger partial charge on any atom is 0.0762 e. The Morgan fingerprint density at radius 2 is 1.95 bits per heavy atom. The van der Waals surface area contributed by atoms with Crippen LogP contribution in [0.2, 0.25) is 0 Å². The zero-order valence-electron chi connectivity index (χ0n) is 12.9. The van der Waals surface area contributed by atoms with Crippen molar-refractivity contribution in [3.8, 4) is 0 Å². The Balaban J connectivity index is 1.87. The molecule has 0 aliphatic carbocycles. The third-order valence-corrected chi connectivity index (χ3v) is 3.72. The van der Waals surface area contributed by atoms with E-state index in [1.54, 1.807) is 0 Å². The van der Waals surface area contributed by atoms with Gasteiger partial charge in [0.1, 0.15) is 0 Å². The van der Waals surface area contributed by atoms with Gasteiger partial charge in [0.25, 0.3) is 0 Å². The first-order valence-corrected chi connectivity index (χ1v) is 7.37. The fourth-order valence-corrected chi connectivity index (χ4v) is 2.49. The van der Waals surface area contributed by atoms with Crippen molar-refractivity contribution in [3.05, 3.63) is 35.4 Å². The van der Waals surface area contributed by atoms with Crippen molar-refractivity contribution in [1.29, 1.82) is 0 Å². The highest BCUT2D eigenvalue weighted by Gasteiger charge is 2.08. The van der Waals surface area contributed by atoms with E-state index in [0.717, 1.165) is 37.3 Å². The summed E-state index contributed by atoms with van der Waals surface area (Å²) in [5.74, 6) is 0. The van der Waals surface area contributed by atoms with Gasteiger partial charge in [-0.05, 0) is 25.8 Å². The molecule has 1 N–H and O–H groups in total. The van der Waals surface area contributed by atoms with E-state index >= 15 is 0 Å². The van der Waals surface area contributed by atoms with Crippen molar-refractivity contribution in [3.63, 3.8) is 0 Å². The third kappa shape index (κ3) is 3.48. The van der Waals surface area contributed by atoms with Crippen LogP contribution in [0.5, 0.6) is 0 Å². The van der Waals surface area contributed by atoms with Crippen LogP contribution < -0.4 is 5.32 Å². The van der Waals surface area contributed by atoms with E-state index < -0.39 is 0 Å². The highest BCUT2D eigenvalue weighted by atomic mass is 15.3. The van der Waals surface area contributed by atoms with Gasteiger partial charge in [0.05, 0.1) is 17.4 Å². The standard InChI is InChI=1S/C15H25N5/c1-5-15(6-2)20-8-7-14(18-20)10-16-9-13-11-19(4)17-12(13)3/h7-8,11,15-16H,5-6,9-10H2,1-4H3. The molecule has 0 bridgehead atoms. The molecule has 5 heteroatoms. The van der Waals surface area contributed by atoms with E-state index in [1.807, 2.05) is 18.7 Å². The van der Waals surface area contributed by atoms with Gasteiger partial charge in [-0.15, -0.1) is 0 Å². The van der Waals surface area contributed by atoms with Crippen LogP contribution in [0.3, 0.4) is 0 Å². The Morgan fingerprint density at radius 1 is 1.20 bits per heavy atom. The topological polar surface area (TPSA) is 47.7 Å². The first-order chi connectivity index (χ1) is 9.63. The third-order valence-electron chi connectivity index (χ3n) is 3.72. The lowest BCUT2D eigenvalue weighted by molar-refractivity contribution is 0.424. The van der Waals surface area contributed by atoms with Crippen molar-refractivity contribution < 1.29 is 0 Å². The summed E-state index contributed by atoms with van der Waals surface area (Å²) in [5.41, 5.74) is 3.42. The first-order valence-electron chi connectivity index (χ1n) is 7.37. The molecule has 20 heavy (non-hydrogen) atoms. The van der Waals surface area contributed by atoms with Crippen molar-refractivity contribution in [2.24, 2.45) is 7.05 Å². The van der Waals surface area contributed by atoms with Gasteiger partial charge in [0.2, 0.25) is 0 Å². The summed E-state index contributed by atoms with van der Waals surface area (Å²) < 4.78 is 3.94. The normalized spacial score (nSPS) is 11.4. The average molecular weight is 275 g/mol. The molecule has 2 aromatic rings. The highest BCUT2D eigenvalue weighted by molar-refractivity contribution is 5.15. The molecule has 0 atom stereocenters. The van der Waals surface area contributed by atoms with Gasteiger partial charge in [0, 0.05) is 38.1 Å². The molecule has 0 saturated heterocycles. The number of hydrogen-bond acceptors (Lipinski definition) is 3.